The van der Waals surface area contributed by atoms with Crippen LogP contribution in [0.5, 0.6) is 0 Å². The Labute approximate surface area is 422 Å². The molecule has 6 N–H and O–H groups in total. The molecule has 1 amide bonds. The van der Waals surface area contributed by atoms with E-state index < -0.39 is 11.7 Å². The molecule has 0 fully saturated rings. The number of anilines is 2. The Morgan fingerprint density at radius 1 is 0.831 bits per heavy atom. The molecule has 71 heavy (non-hydrogen) atoms. The predicted octanol–water partition coefficient (Wildman–Crippen LogP) is 11.3. The number of aromatic nitrogens is 7. The molecule has 17 nitrogen and oxygen atoms in total. The topological polar surface area (TPSA) is 250 Å². The van der Waals surface area contributed by atoms with Crippen LogP contribution in [0, 0.1) is 12.3 Å². The minimum atomic E-state index is -0.552. The van der Waals surface area contributed by atoms with Crippen LogP contribution in [0.25, 0.3) is 32.0 Å². The van der Waals surface area contributed by atoms with Crippen LogP contribution in [0.3, 0.4) is 0 Å². The normalized spacial score (nSPS) is 10.5. The summed E-state index contributed by atoms with van der Waals surface area (Å²) in [5.41, 5.74) is 23.2. The summed E-state index contributed by atoms with van der Waals surface area (Å²) in [6.07, 6.45) is 21.2. The Kier molecular flexibility index (Phi) is 24.4. The van der Waals surface area contributed by atoms with Crippen LogP contribution >= 0.6 is 12.4 Å². The van der Waals surface area contributed by atoms with Gasteiger partial charge in [-0.3, -0.25) is 14.3 Å². The second-order valence-electron chi connectivity index (χ2n) is 17.4. The highest BCUT2D eigenvalue weighted by Crippen LogP contribution is 2.19. The lowest BCUT2D eigenvalue weighted by molar-refractivity contribution is 0.0540. The van der Waals surface area contributed by atoms with Gasteiger partial charge in [-0.15, -0.1) is 29.8 Å². The summed E-state index contributed by atoms with van der Waals surface area (Å²) in [5, 5.41) is 18.9. The van der Waals surface area contributed by atoms with Gasteiger partial charge in [0.2, 0.25) is 5.95 Å². The number of azide groups is 1. The molecule has 7 aromatic rings. The number of halogens is 1. The molecule has 0 bridgehead atoms. The molecule has 0 unspecified atom stereocenters. The molecule has 0 aliphatic carbocycles. The van der Waals surface area contributed by atoms with Crippen LogP contribution in [-0.2, 0) is 30.5 Å². The second kappa shape index (κ2) is 30.0. The quantitative estimate of drug-likeness (QED) is 0.0140. The maximum atomic E-state index is 12.5. The lowest BCUT2D eigenvalue weighted by Gasteiger charge is -2.19. The first kappa shape index (κ1) is 57.6. The molecule has 4 aromatic carbocycles. The van der Waals surface area contributed by atoms with Crippen molar-refractivity contribution in [2.45, 2.75) is 117 Å². The number of hydrogen-bond donors (Lipinski definition) is 4. The number of nitrogens with zero attached hydrogens (tertiary/aromatic N) is 9. The lowest BCUT2D eigenvalue weighted by Crippen LogP contribution is -2.27. The van der Waals surface area contributed by atoms with E-state index in [4.69, 9.17) is 28.2 Å². The van der Waals surface area contributed by atoms with Crippen molar-refractivity contribution in [1.82, 2.24) is 39.8 Å². The van der Waals surface area contributed by atoms with Crippen LogP contribution in [0.4, 0.5) is 16.7 Å². The molecule has 0 atom stereocenters. The van der Waals surface area contributed by atoms with E-state index in [0.717, 1.165) is 115 Å². The van der Waals surface area contributed by atoms with E-state index in [-0.39, 0.29) is 44.0 Å². The number of nitrogen functional groups attached to an aromatic ring is 2. The molecular formula is C53H68ClN13O4. The van der Waals surface area contributed by atoms with Gasteiger partial charge in [0.05, 0.1) is 17.6 Å². The fourth-order valence-electron chi connectivity index (χ4n) is 7.20. The fourth-order valence-corrected chi connectivity index (χ4v) is 7.20. The number of aromatic amines is 1. The van der Waals surface area contributed by atoms with E-state index in [9.17, 15) is 14.4 Å². The zero-order chi connectivity index (χ0) is 49.4. The van der Waals surface area contributed by atoms with Crippen molar-refractivity contribution >= 4 is 63.6 Å². The summed E-state index contributed by atoms with van der Waals surface area (Å²) in [7, 11) is 0. The van der Waals surface area contributed by atoms with Gasteiger partial charge >= 0.3 is 6.09 Å². The fraction of sp³-hybridized carbons (Fsp3) is 0.377. The van der Waals surface area contributed by atoms with Gasteiger partial charge in [-0.2, -0.15) is 0 Å². The van der Waals surface area contributed by atoms with Gasteiger partial charge in [0.25, 0.3) is 5.91 Å². The van der Waals surface area contributed by atoms with Gasteiger partial charge in [-0.05, 0) is 117 Å². The van der Waals surface area contributed by atoms with Crippen molar-refractivity contribution in [2.75, 3.05) is 24.6 Å². The number of fused-ring (bicyclic) bond motifs is 2. The first-order valence-corrected chi connectivity index (χ1v) is 23.3. The minimum absolute atomic E-state index is 0. The number of amides is 1. The smallest absolute Gasteiger partial charge is 0.421 e. The Balaban J connectivity index is 0.000000292. The van der Waals surface area contributed by atoms with E-state index in [0.29, 0.717) is 31.0 Å². The molecule has 0 aliphatic heterocycles. The number of H-pyrrole nitrogens is 1. The number of imidazole rings is 2. The van der Waals surface area contributed by atoms with Gasteiger partial charge in [-0.25, -0.2) is 19.3 Å². The van der Waals surface area contributed by atoms with E-state index in [1.54, 1.807) is 18.5 Å². The molecule has 18 heteroatoms. The van der Waals surface area contributed by atoms with Crippen LogP contribution in [0.1, 0.15) is 124 Å². The zero-order valence-electron chi connectivity index (χ0n) is 40.2. The average molecular weight is 987 g/mol. The number of unbranched alkanes of at least 4 members (excludes halogenated alkanes) is 5. The Morgan fingerprint density at radius 2 is 1.45 bits per heavy atom. The largest absolute Gasteiger partial charge is 0.443 e. The Hall–Kier alpha value is -7.67. The number of hydrogen-bond acceptors (Lipinski definition) is 11. The molecule has 0 radical (unpaired) electrons. The van der Waals surface area contributed by atoms with Crippen LogP contribution in [-0.4, -0.2) is 71.0 Å². The summed E-state index contributed by atoms with van der Waals surface area (Å²) >= 11 is 0. The molecular weight excluding hydrogens is 918 g/mol. The van der Waals surface area contributed by atoms with Crippen molar-refractivity contribution in [3.63, 3.8) is 0 Å². The molecule has 0 aliphatic rings. The monoisotopic (exact) mass is 986 g/mol. The number of rotatable bonds is 20. The van der Waals surface area contributed by atoms with Crippen molar-refractivity contribution in [3.8, 4) is 12.3 Å². The average Bonchev–Trinajstić information content (AvgIpc) is 4.09. The number of benzene rings is 4. The first-order chi connectivity index (χ1) is 33.3. The van der Waals surface area contributed by atoms with E-state index in [1.807, 2.05) is 104 Å². The summed E-state index contributed by atoms with van der Waals surface area (Å²) in [6.45, 7) is 6.73. The third kappa shape index (κ3) is 20.1. The van der Waals surface area contributed by atoms with Crippen molar-refractivity contribution in [2.24, 2.45) is 5.11 Å². The summed E-state index contributed by atoms with van der Waals surface area (Å²) in [5.74, 6) is 3.27. The highest BCUT2D eigenvalue weighted by molar-refractivity contribution is 6.00. The van der Waals surface area contributed by atoms with Crippen LogP contribution in [0.15, 0.2) is 109 Å². The number of carbonyl (C=O) groups is 3. The number of nitrogens with two attached hydrogens (primary N) is 2. The number of ether oxygens (including phenoxy) is 1. The SMILES string of the molecule is C.C#CCCCCCc1cn(C(=O)OC(C)(C)C)c(N)n1.Cl.Nc1ncc(CCCCCc2cn(CCCC(=O)c3ccc4ccccc4c3)nn2)[nH]1.[N-]=[N+]=NCCNC(=O)c1ccc2ccccc2c1. The summed E-state index contributed by atoms with van der Waals surface area (Å²) in [4.78, 5) is 50.1. The van der Waals surface area contributed by atoms with Gasteiger partial charge in [0.15, 0.2) is 11.7 Å². The minimum Gasteiger partial charge on any atom is -0.443 e. The van der Waals surface area contributed by atoms with E-state index in [2.05, 4.69) is 52.6 Å². The highest BCUT2D eigenvalue weighted by atomic mass is 35.5. The summed E-state index contributed by atoms with van der Waals surface area (Å²) in [6, 6.07) is 27.4. The maximum Gasteiger partial charge on any atom is 0.421 e. The number of terminal acetylenes is 1. The van der Waals surface area contributed by atoms with Crippen LogP contribution in [0.2, 0.25) is 0 Å². The molecule has 0 spiro atoms. The number of ketones is 1. The van der Waals surface area contributed by atoms with Gasteiger partial charge in [-0.1, -0.05) is 97.3 Å². The van der Waals surface area contributed by atoms with Crippen molar-refractivity contribution in [3.05, 3.63) is 142 Å². The molecule has 3 aromatic heterocycles. The van der Waals surface area contributed by atoms with E-state index >= 15 is 0 Å². The molecule has 0 saturated carbocycles. The Morgan fingerprint density at radius 3 is 2.08 bits per heavy atom. The van der Waals surface area contributed by atoms with E-state index in [1.165, 1.54) is 4.57 Å². The Bertz CT molecular complexity index is 2850. The third-order valence-corrected chi connectivity index (χ3v) is 10.7. The predicted molar refractivity (Wildman–Crippen MR) is 285 cm³/mol. The lowest BCUT2D eigenvalue weighted by atomic mass is 10.0. The second-order valence-corrected chi connectivity index (χ2v) is 17.4. The van der Waals surface area contributed by atoms with Gasteiger partial charge in [0, 0.05) is 66.6 Å². The van der Waals surface area contributed by atoms with Crippen molar-refractivity contribution in [1.29, 1.82) is 0 Å². The molecule has 3 heterocycles. The highest BCUT2D eigenvalue weighted by Gasteiger charge is 2.20. The third-order valence-electron chi connectivity index (χ3n) is 10.7. The zero-order valence-corrected chi connectivity index (χ0v) is 41.0. The van der Waals surface area contributed by atoms with Gasteiger partial charge in [0.1, 0.15) is 5.60 Å². The number of Topliss-reactive ketones (excluding diaryl/α,β-unsaturated/α-hetero) is 1. The van der Waals surface area contributed by atoms with Gasteiger partial charge < -0.3 is 26.5 Å². The first-order valence-electron chi connectivity index (χ1n) is 23.3. The number of aryl methyl sites for hydroxylation is 4. The number of carbonyl (C=O) groups excluding carboxylic acids is 3. The molecule has 376 valence electrons. The summed E-state index contributed by atoms with van der Waals surface area (Å²) < 4.78 is 8.35. The van der Waals surface area contributed by atoms with Crippen molar-refractivity contribution < 1.29 is 19.1 Å². The number of nitrogens with one attached hydrogen (secondary N) is 2. The molecule has 0 saturated heterocycles. The maximum absolute atomic E-state index is 12.5. The standard InChI is InChI=1S/C24H28N6O.C15H23N3O2.C13H12N4O.CH4.ClH/c25-24-26-16-21(27-24)9-2-1-3-10-22-17-30(29-28-22)14-6-11-23(31)20-13-12-18-7-4-5-8-19(18)15-20;1-5-6-7-8-9-10-12-11-18(13(16)17-12)14(19)20-15(2,3)4;14-17-16-8-7-15-13(18)12-6-5-10-3-1-2-4-11(10)9-12;;/h4-5,7-8,12-13,15-17H,1-3,6,9-11,14H2,(H3,25,26,27);1,11H,6-10H2,2-4H3,(H2,16,17);1-6,9H,7-8H2,(H,15,18);1H4;1H. The molecule has 7 rings (SSSR count). The van der Waals surface area contributed by atoms with Crippen LogP contribution < -0.4 is 16.8 Å².